The zero-order valence-electron chi connectivity index (χ0n) is 20.2. The molecule has 0 aliphatic heterocycles. The summed E-state index contributed by atoms with van der Waals surface area (Å²) in [7, 11) is -4.33. The Labute approximate surface area is 203 Å². The lowest BCUT2D eigenvalue weighted by atomic mass is 10.0. The van der Waals surface area contributed by atoms with E-state index >= 15 is 0 Å². The lowest BCUT2D eigenvalue weighted by Crippen LogP contribution is -2.22. The molecule has 0 aliphatic rings. The smallest absolute Gasteiger partial charge is 0.286 e. The van der Waals surface area contributed by atoms with E-state index in [1.807, 2.05) is 0 Å². The molecule has 182 valence electrons. The molecule has 0 bridgehead atoms. The molecule has 6 nitrogen and oxygen atoms in total. The minimum absolute atomic E-state index is 0.720. The fourth-order valence-electron chi connectivity index (χ4n) is 3.27. The maximum absolute atomic E-state index is 5.98. The molecule has 0 N–H and O–H groups in total. The molecule has 0 fully saturated rings. The van der Waals surface area contributed by atoms with Gasteiger partial charge in [-0.25, -0.2) is 0 Å². The summed E-state index contributed by atoms with van der Waals surface area (Å²) in [6.45, 7) is 4.60. The van der Waals surface area contributed by atoms with Crippen molar-refractivity contribution in [1.82, 2.24) is 0 Å². The van der Waals surface area contributed by atoms with Crippen LogP contribution in [-0.2, 0) is 24.7 Å². The zero-order valence-corrected chi connectivity index (χ0v) is 30.4. The molecule has 13 heteroatoms. The van der Waals surface area contributed by atoms with Gasteiger partial charge in [-0.15, -0.1) is 0 Å². The maximum Gasteiger partial charge on any atom is 0.286 e. The Kier molecular flexibility index (Phi) is 29.5. The van der Waals surface area contributed by atoms with E-state index in [0.29, 0.717) is 0 Å². The minimum Gasteiger partial charge on any atom is -0.449 e. The van der Waals surface area contributed by atoms with Gasteiger partial charge in [-0.2, -0.15) is 0 Å². The van der Waals surface area contributed by atoms with Gasteiger partial charge in [-0.1, -0.05) is 96.8 Å². The van der Waals surface area contributed by atoms with Gasteiger partial charge in [0, 0.05) is 0 Å². The lowest BCUT2D eigenvalue weighted by Gasteiger charge is -2.12. The molecule has 0 spiro atoms. The van der Waals surface area contributed by atoms with Crippen LogP contribution >= 0.6 is 0 Å². The third kappa shape index (κ3) is 27.3. The highest BCUT2D eigenvalue weighted by atomic mass is 28.4. The normalized spacial score (nSPS) is 14.6. The van der Waals surface area contributed by atoms with Crippen molar-refractivity contribution in [3.05, 3.63) is 0 Å². The first-order chi connectivity index (χ1) is 14.8. The Hall–Kier alpha value is 1.28. The van der Waals surface area contributed by atoms with Gasteiger partial charge in [-0.05, 0) is 12.6 Å². The summed E-state index contributed by atoms with van der Waals surface area (Å²) >= 11 is 0. The van der Waals surface area contributed by atoms with Gasteiger partial charge < -0.3 is 24.7 Å². The quantitative estimate of drug-likeness (QED) is 0.114. The van der Waals surface area contributed by atoms with E-state index < -0.39 is 59.1 Å². The molecule has 0 aromatic heterocycles. The zero-order chi connectivity index (χ0) is 22.0. The van der Waals surface area contributed by atoms with E-state index in [-0.39, 0.29) is 0 Å². The van der Waals surface area contributed by atoms with E-state index in [4.69, 9.17) is 24.7 Å². The van der Waals surface area contributed by atoms with Crippen molar-refractivity contribution in [2.24, 2.45) is 0 Å². The fraction of sp³-hybridized carbons (Fsp3) is 1.00. The highest BCUT2D eigenvalue weighted by molar-refractivity contribution is 6.57. The molecule has 0 amide bonds. The van der Waals surface area contributed by atoms with E-state index in [2.05, 4.69) is 13.5 Å². The molecular formula is C17H50O6Si7. The van der Waals surface area contributed by atoms with Gasteiger partial charge in [0.15, 0.2) is 9.04 Å². The fourth-order valence-corrected chi connectivity index (χ4v) is 14.8. The second kappa shape index (κ2) is 28.3. The first-order valence-corrected chi connectivity index (χ1v) is 21.3. The molecular weight excluding hydrogens is 497 g/mol. The van der Waals surface area contributed by atoms with E-state index in [9.17, 15) is 0 Å². The third-order valence-electron chi connectivity index (χ3n) is 5.10. The molecule has 0 saturated carbocycles. The van der Waals surface area contributed by atoms with Crippen LogP contribution in [0, 0.1) is 0 Å². The first kappa shape index (κ1) is 31.3. The molecule has 1 unspecified atom stereocenters. The lowest BCUT2D eigenvalue weighted by molar-refractivity contribution is 0.378. The standard InChI is InChI=1S/C17H50O6Si7/c1-3-4-5-6-7-8-9-10-11-12-13-14-15-16-17-30(2)23-29-22-28-21-27-20-26-19-25-18-24/h30H,3-17,25-29H2,1-2,24H3. The molecule has 0 aromatic carbocycles. The number of unbranched alkanes of at least 4 members (excludes halogenated alkanes) is 13. The Morgan fingerprint density at radius 3 is 1.43 bits per heavy atom. The van der Waals surface area contributed by atoms with Crippen LogP contribution in [0.5, 0.6) is 0 Å². The molecule has 0 radical (unpaired) electrons. The Bertz CT molecular complexity index is 324. The highest BCUT2D eigenvalue weighted by Crippen LogP contribution is 2.14. The van der Waals surface area contributed by atoms with Crippen LogP contribution in [0.4, 0.5) is 0 Å². The van der Waals surface area contributed by atoms with Gasteiger partial charge in [0.1, 0.15) is 10.5 Å². The van der Waals surface area contributed by atoms with E-state index in [1.165, 1.54) is 95.9 Å². The average molecular weight is 547 g/mol. The Balaban J connectivity index is 3.12. The second-order valence-electron chi connectivity index (χ2n) is 8.06. The summed E-state index contributed by atoms with van der Waals surface area (Å²) in [5, 5.41) is 0. The SMILES string of the molecule is CCCCCCCCCCCCCCCC[SiH](C)O[SiH2]O[SiH2]O[SiH2]O[SiH2]O[SiH2]O[SiH3]. The molecule has 0 aromatic rings. The molecule has 0 rings (SSSR count). The van der Waals surface area contributed by atoms with Crippen molar-refractivity contribution in [3.63, 3.8) is 0 Å². The van der Waals surface area contributed by atoms with Crippen LogP contribution < -0.4 is 0 Å². The van der Waals surface area contributed by atoms with E-state index in [1.54, 1.807) is 0 Å². The maximum atomic E-state index is 5.98. The highest BCUT2D eigenvalue weighted by Gasteiger charge is 2.05. The minimum atomic E-state index is -1.00. The van der Waals surface area contributed by atoms with Gasteiger partial charge in [0.05, 0.1) is 0 Å². The molecule has 30 heavy (non-hydrogen) atoms. The monoisotopic (exact) mass is 546 g/mol. The van der Waals surface area contributed by atoms with Gasteiger partial charge in [-0.3, -0.25) is 0 Å². The molecule has 0 saturated heterocycles. The molecule has 0 aliphatic carbocycles. The largest absolute Gasteiger partial charge is 0.449 e. The van der Waals surface area contributed by atoms with Crippen LogP contribution in [0.1, 0.15) is 96.8 Å². The van der Waals surface area contributed by atoms with Crippen LogP contribution in [0.3, 0.4) is 0 Å². The second-order valence-corrected chi connectivity index (χ2v) is 21.6. The van der Waals surface area contributed by atoms with Crippen molar-refractivity contribution in [2.75, 3.05) is 0 Å². The van der Waals surface area contributed by atoms with Gasteiger partial charge >= 0.3 is 0 Å². The van der Waals surface area contributed by atoms with Crippen molar-refractivity contribution in [3.8, 4) is 0 Å². The predicted octanol–water partition coefficient (Wildman–Crippen LogP) is 0.195. The van der Waals surface area contributed by atoms with Crippen molar-refractivity contribution in [1.29, 1.82) is 0 Å². The van der Waals surface area contributed by atoms with Crippen molar-refractivity contribution < 1.29 is 24.7 Å². The van der Waals surface area contributed by atoms with Crippen molar-refractivity contribution >= 4 is 69.6 Å². The van der Waals surface area contributed by atoms with Crippen LogP contribution in [0.2, 0.25) is 12.6 Å². The topological polar surface area (TPSA) is 55.4 Å². The number of hydrogen-bond acceptors (Lipinski definition) is 6. The first-order valence-electron chi connectivity index (χ1n) is 12.2. The summed E-state index contributed by atoms with van der Waals surface area (Å²) in [5.74, 6) is 0. The molecule has 0 heterocycles. The van der Waals surface area contributed by atoms with Gasteiger partial charge in [0.25, 0.3) is 50.0 Å². The number of hydrogen-bond donors (Lipinski definition) is 0. The summed E-state index contributed by atoms with van der Waals surface area (Å²) < 4.78 is 33.0. The average Bonchev–Trinajstić information content (AvgIpc) is 2.75. The summed E-state index contributed by atoms with van der Waals surface area (Å²) in [4.78, 5) is 0. The Morgan fingerprint density at radius 1 is 0.567 bits per heavy atom. The van der Waals surface area contributed by atoms with Crippen LogP contribution in [0.15, 0.2) is 0 Å². The van der Waals surface area contributed by atoms with Crippen LogP contribution in [0.25, 0.3) is 0 Å². The van der Waals surface area contributed by atoms with E-state index in [0.717, 1.165) is 10.5 Å². The molecule has 1 atom stereocenters. The predicted molar refractivity (Wildman–Crippen MR) is 147 cm³/mol. The van der Waals surface area contributed by atoms with Crippen LogP contribution in [-0.4, -0.2) is 69.6 Å². The summed E-state index contributed by atoms with van der Waals surface area (Å²) in [5.41, 5.74) is 0. The summed E-state index contributed by atoms with van der Waals surface area (Å²) in [6, 6.07) is 1.30. The summed E-state index contributed by atoms with van der Waals surface area (Å²) in [6.07, 6.45) is 19.9. The number of rotatable bonds is 26. The van der Waals surface area contributed by atoms with Crippen molar-refractivity contribution in [2.45, 2.75) is 109 Å². The third-order valence-corrected chi connectivity index (χ3v) is 15.4. The Morgan fingerprint density at radius 2 is 0.967 bits per heavy atom. The van der Waals surface area contributed by atoms with Gasteiger partial charge in [0.2, 0.25) is 0 Å².